The fraction of sp³-hybridized carbons (Fsp3) is 0.290. The second-order valence-corrected chi connectivity index (χ2v) is 12.6. The topological polar surface area (TPSA) is 124 Å². The minimum atomic E-state index is -0.704. The van der Waals surface area contributed by atoms with Crippen molar-refractivity contribution in [2.45, 2.75) is 25.4 Å². The van der Waals surface area contributed by atoms with Crippen LogP contribution < -0.4 is 21.3 Å². The van der Waals surface area contributed by atoms with Gasteiger partial charge < -0.3 is 26.2 Å². The number of nitrogen functional groups attached to an aromatic ring is 2. The molecule has 1 fully saturated rings. The normalized spacial score (nSPS) is 15.8. The quantitative estimate of drug-likeness (QED) is 0.224. The monoisotopic (exact) mass is 633 g/mol. The number of hydrogen-bond acceptors (Lipinski definition) is 10. The smallest absolute Gasteiger partial charge is 0.228 e. The molecule has 0 aliphatic carbocycles. The molecule has 3 aromatic heterocycles. The van der Waals surface area contributed by atoms with Gasteiger partial charge in [0.05, 0.1) is 21.3 Å². The van der Waals surface area contributed by atoms with Gasteiger partial charge in [-0.05, 0) is 51.2 Å². The zero-order valence-electron chi connectivity index (χ0n) is 24.6. The molecule has 13 heteroatoms. The maximum absolute atomic E-state index is 16.9. The molecule has 0 saturated carbocycles. The van der Waals surface area contributed by atoms with Crippen molar-refractivity contribution in [2.24, 2.45) is 0 Å². The van der Waals surface area contributed by atoms with Crippen LogP contribution in [0.5, 0.6) is 0 Å². The number of likely N-dealkylation sites (N-methyl/N-ethyl adjacent to an activating group) is 1. The average Bonchev–Trinajstić information content (AvgIpc) is 3.63. The van der Waals surface area contributed by atoms with Gasteiger partial charge in [0.15, 0.2) is 5.82 Å². The predicted octanol–water partition coefficient (Wildman–Crippen LogP) is 6.21. The molecule has 2 atom stereocenters. The Bertz CT molecular complexity index is 1970. The lowest BCUT2D eigenvalue weighted by Crippen LogP contribution is -2.32. The zero-order chi connectivity index (χ0) is 31.4. The molecule has 0 bridgehead atoms. The lowest BCUT2D eigenvalue weighted by molar-refractivity contribution is 0.315. The molecule has 44 heavy (non-hydrogen) atoms. The molecule has 5 aromatic rings. The average molecular weight is 634 g/mol. The first-order chi connectivity index (χ1) is 21.0. The predicted molar refractivity (Wildman–Crippen MR) is 174 cm³/mol. The van der Waals surface area contributed by atoms with Crippen molar-refractivity contribution in [1.29, 1.82) is 5.26 Å². The van der Waals surface area contributed by atoms with Crippen LogP contribution >= 0.6 is 22.9 Å². The largest absolute Gasteiger partial charge is 0.389 e. The molecule has 6 rings (SSSR count). The molecule has 9 nitrogen and oxygen atoms in total. The summed E-state index contributed by atoms with van der Waals surface area (Å²) >= 11 is 7.78. The number of fused-ring (bicyclic) bond motifs is 2. The number of nitrogens with two attached hydrogens (primary N) is 2. The van der Waals surface area contributed by atoms with Crippen LogP contribution in [0.15, 0.2) is 36.5 Å². The molecular formula is C31H30ClF2N9S. The van der Waals surface area contributed by atoms with Gasteiger partial charge in [0.1, 0.15) is 34.0 Å². The van der Waals surface area contributed by atoms with E-state index in [1.165, 1.54) is 12.1 Å². The molecule has 4 heterocycles. The summed E-state index contributed by atoms with van der Waals surface area (Å²) < 4.78 is 31.9. The van der Waals surface area contributed by atoms with Gasteiger partial charge in [-0.25, -0.2) is 18.7 Å². The van der Waals surface area contributed by atoms with Crippen molar-refractivity contribution in [3.05, 3.63) is 64.3 Å². The van der Waals surface area contributed by atoms with Crippen molar-refractivity contribution in [1.82, 2.24) is 19.9 Å². The Kier molecular flexibility index (Phi) is 7.65. The second kappa shape index (κ2) is 11.3. The van der Waals surface area contributed by atoms with E-state index in [0.717, 1.165) is 23.3 Å². The molecule has 1 aliphatic heterocycles. The summed E-state index contributed by atoms with van der Waals surface area (Å²) in [4.78, 5) is 20.0. The van der Waals surface area contributed by atoms with E-state index in [1.54, 1.807) is 12.3 Å². The van der Waals surface area contributed by atoms with E-state index in [4.69, 9.17) is 33.0 Å². The van der Waals surface area contributed by atoms with E-state index in [2.05, 4.69) is 9.88 Å². The molecule has 0 unspecified atom stereocenters. The summed E-state index contributed by atoms with van der Waals surface area (Å²) in [5.41, 5.74) is 13.5. The van der Waals surface area contributed by atoms with Crippen LogP contribution in [-0.2, 0) is 0 Å². The minimum absolute atomic E-state index is 0.00821. The molecule has 4 N–H and O–H groups in total. The summed E-state index contributed by atoms with van der Waals surface area (Å²) in [7, 11) is 5.91. The third kappa shape index (κ3) is 4.81. The molecule has 0 spiro atoms. The van der Waals surface area contributed by atoms with Crippen LogP contribution in [0.2, 0.25) is 5.02 Å². The Hall–Kier alpha value is -4.31. The molecule has 1 aliphatic rings. The molecule has 0 radical (unpaired) electrons. The highest BCUT2D eigenvalue weighted by Gasteiger charge is 2.30. The Morgan fingerprint density at radius 3 is 2.64 bits per heavy atom. The zero-order valence-corrected chi connectivity index (χ0v) is 26.1. The first kappa shape index (κ1) is 29.7. The number of hydrogen-bond donors (Lipinski definition) is 2. The number of halogens is 3. The molecule has 2 aromatic carbocycles. The Morgan fingerprint density at radius 1 is 1.18 bits per heavy atom. The Labute approximate surface area is 262 Å². The van der Waals surface area contributed by atoms with E-state index in [1.807, 2.05) is 56.1 Å². The fourth-order valence-corrected chi connectivity index (χ4v) is 7.10. The van der Waals surface area contributed by atoms with Gasteiger partial charge >= 0.3 is 0 Å². The number of rotatable bonds is 6. The number of benzene rings is 2. The number of pyridine rings is 1. The van der Waals surface area contributed by atoms with E-state index < -0.39 is 11.6 Å². The van der Waals surface area contributed by atoms with Gasteiger partial charge in [-0.3, -0.25) is 0 Å². The maximum atomic E-state index is 16.9. The van der Waals surface area contributed by atoms with Crippen molar-refractivity contribution in [3.63, 3.8) is 0 Å². The lowest BCUT2D eigenvalue weighted by Gasteiger charge is -2.29. The molecular weight excluding hydrogens is 604 g/mol. The van der Waals surface area contributed by atoms with Crippen LogP contribution in [0, 0.1) is 23.0 Å². The maximum Gasteiger partial charge on any atom is 0.228 e. The second-order valence-electron chi connectivity index (χ2n) is 11.2. The van der Waals surface area contributed by atoms with Crippen molar-refractivity contribution < 1.29 is 8.78 Å². The van der Waals surface area contributed by atoms with Gasteiger partial charge in [0.2, 0.25) is 5.95 Å². The van der Waals surface area contributed by atoms with Gasteiger partial charge in [-0.1, -0.05) is 23.7 Å². The number of anilines is 4. The first-order valence-electron chi connectivity index (χ1n) is 14.0. The highest BCUT2D eigenvalue weighted by Crippen LogP contribution is 2.46. The number of nitrogens with zero attached hydrogens (tertiary/aromatic N) is 7. The third-order valence-corrected chi connectivity index (χ3v) is 9.79. The summed E-state index contributed by atoms with van der Waals surface area (Å²) in [5, 5.41) is 10.7. The minimum Gasteiger partial charge on any atom is -0.389 e. The van der Waals surface area contributed by atoms with Crippen molar-refractivity contribution in [2.75, 3.05) is 55.5 Å². The standard InChI is InChI=1S/C31H30ClF2N9S/c1-15(17-6-5-10-38-28(17)36)42(4)30-19-12-21(32)24(18-7-8-22(33)27-23(18)20(13-35)29(37)44-27)25(34)26(19)39-31(40-30)43-11-9-16(14-43)41(2)3/h5-8,10,12,15-16H,9,11,14,37H2,1-4H3,(H2,36,38)/t15-,16-/m1/s1. The van der Waals surface area contributed by atoms with E-state index >= 15 is 4.39 Å². The summed E-state index contributed by atoms with van der Waals surface area (Å²) in [6.45, 7) is 3.33. The van der Waals surface area contributed by atoms with Gasteiger partial charge in [0, 0.05) is 54.3 Å². The number of nitriles is 1. The molecule has 226 valence electrons. The lowest BCUT2D eigenvalue weighted by atomic mass is 9.97. The van der Waals surface area contributed by atoms with E-state index in [-0.39, 0.29) is 54.4 Å². The summed E-state index contributed by atoms with van der Waals surface area (Å²) in [5.74, 6) is -0.0358. The van der Waals surface area contributed by atoms with Crippen molar-refractivity contribution >= 4 is 66.5 Å². The third-order valence-electron chi connectivity index (χ3n) is 8.46. The first-order valence-corrected chi connectivity index (χ1v) is 15.2. The van der Waals surface area contributed by atoms with Crippen LogP contribution in [-0.4, -0.2) is 60.1 Å². The van der Waals surface area contributed by atoms with Crippen LogP contribution in [0.25, 0.3) is 32.1 Å². The fourth-order valence-electron chi connectivity index (χ4n) is 5.85. The summed E-state index contributed by atoms with van der Waals surface area (Å²) in [6, 6.07) is 10.0. The van der Waals surface area contributed by atoms with E-state index in [0.29, 0.717) is 36.1 Å². The highest BCUT2D eigenvalue weighted by atomic mass is 35.5. The van der Waals surface area contributed by atoms with Crippen LogP contribution in [0.3, 0.4) is 0 Å². The Balaban J connectivity index is 1.60. The van der Waals surface area contributed by atoms with Gasteiger partial charge in [0.25, 0.3) is 0 Å². The number of thiophene rings is 1. The Morgan fingerprint density at radius 2 is 1.95 bits per heavy atom. The molecule has 1 saturated heterocycles. The van der Waals surface area contributed by atoms with Gasteiger partial charge in [-0.2, -0.15) is 10.2 Å². The highest BCUT2D eigenvalue weighted by molar-refractivity contribution is 7.23. The number of aromatic nitrogens is 3. The molecule has 0 amide bonds. The van der Waals surface area contributed by atoms with E-state index in [9.17, 15) is 9.65 Å². The van der Waals surface area contributed by atoms with Crippen LogP contribution in [0.4, 0.5) is 31.4 Å². The van der Waals surface area contributed by atoms with Crippen molar-refractivity contribution in [3.8, 4) is 17.2 Å². The van der Waals surface area contributed by atoms with Gasteiger partial charge in [-0.15, -0.1) is 11.3 Å². The van der Waals surface area contributed by atoms with Crippen LogP contribution in [0.1, 0.15) is 30.5 Å². The summed E-state index contributed by atoms with van der Waals surface area (Å²) in [6.07, 6.45) is 2.53. The SMILES string of the molecule is C[C@H](c1cccnc1N)N(C)c1nc(N2CC[C@@H](N(C)C)C2)nc2c(F)c(-c3ccc(F)c4sc(N)c(C#N)c34)c(Cl)cc12.